The van der Waals surface area contributed by atoms with Crippen molar-refractivity contribution in [2.75, 3.05) is 4.90 Å². The molecule has 1 fully saturated rings. The molecule has 0 radical (unpaired) electrons. The second-order valence-corrected chi connectivity index (χ2v) is 11.3. The average Bonchev–Trinajstić information content (AvgIpc) is 3.42. The van der Waals surface area contributed by atoms with Crippen LogP contribution in [0, 0.1) is 27.7 Å². The molecule has 1 aliphatic heterocycles. The lowest BCUT2D eigenvalue weighted by Gasteiger charge is -2.29. The largest absolute Gasteiger partial charge is 0.457 e. The summed E-state index contributed by atoms with van der Waals surface area (Å²) in [4.78, 5) is 6.94. The smallest absolute Gasteiger partial charge is 0.174 e. The summed E-state index contributed by atoms with van der Waals surface area (Å²) in [6.45, 7) is 8.58. The number of hydrogen-bond donors (Lipinski definition) is 1. The van der Waals surface area contributed by atoms with Gasteiger partial charge >= 0.3 is 0 Å². The van der Waals surface area contributed by atoms with Crippen molar-refractivity contribution >= 4 is 34.6 Å². The molecule has 1 saturated heterocycles. The topological polar surface area (TPSA) is 42.3 Å². The monoisotopic (exact) mass is 578 g/mol. The Bertz CT molecular complexity index is 1710. The maximum Gasteiger partial charge on any atom is 0.174 e. The van der Waals surface area contributed by atoms with E-state index in [1.807, 2.05) is 72.9 Å². The first-order valence-electron chi connectivity index (χ1n) is 13.6. The van der Waals surface area contributed by atoms with Gasteiger partial charge in [-0.15, -0.1) is 0 Å². The van der Waals surface area contributed by atoms with Crippen molar-refractivity contribution in [1.82, 2.24) is 14.9 Å². The molecule has 5 nitrogen and oxygen atoms in total. The number of aryl methyl sites for hydroxylation is 1. The molecule has 206 valence electrons. The van der Waals surface area contributed by atoms with Gasteiger partial charge in [-0.05, 0) is 112 Å². The highest BCUT2D eigenvalue weighted by Crippen LogP contribution is 2.45. The van der Waals surface area contributed by atoms with Gasteiger partial charge in [0, 0.05) is 39.5 Å². The minimum absolute atomic E-state index is 0.125. The van der Waals surface area contributed by atoms with Crippen LogP contribution in [0.2, 0.25) is 5.02 Å². The number of halogens is 1. The van der Waals surface area contributed by atoms with E-state index < -0.39 is 0 Å². The predicted octanol–water partition coefficient (Wildman–Crippen LogP) is 8.73. The SMILES string of the molecule is Cc1ccc(Oc2ccc(N3C(=S)N[C@H](c4ccccn4)[C@@H]3c3c(C)c(C)n(-c4cccc(Cl)c4)c3C)cc2)cc1. The van der Waals surface area contributed by atoms with Gasteiger partial charge in [0.15, 0.2) is 5.11 Å². The third-order valence-corrected chi connectivity index (χ3v) is 8.39. The van der Waals surface area contributed by atoms with E-state index >= 15 is 0 Å². The summed E-state index contributed by atoms with van der Waals surface area (Å²) in [5.74, 6) is 1.57. The highest BCUT2D eigenvalue weighted by atomic mass is 35.5. The van der Waals surface area contributed by atoms with Crippen LogP contribution in [0.5, 0.6) is 11.5 Å². The van der Waals surface area contributed by atoms with Gasteiger partial charge in [-0.1, -0.05) is 41.4 Å². The molecule has 1 N–H and O–H groups in total. The molecule has 0 spiro atoms. The highest BCUT2D eigenvalue weighted by Gasteiger charge is 2.43. The first kappa shape index (κ1) is 27.1. The van der Waals surface area contributed by atoms with Crippen molar-refractivity contribution in [1.29, 1.82) is 0 Å². The second kappa shape index (κ2) is 11.0. The van der Waals surface area contributed by atoms with Crippen molar-refractivity contribution in [2.45, 2.75) is 39.8 Å². The molecule has 0 aliphatic carbocycles. The molecule has 3 heterocycles. The number of ether oxygens (including phenoxy) is 1. The molecule has 0 amide bonds. The number of rotatable bonds is 6. The molecule has 0 bridgehead atoms. The van der Waals surface area contributed by atoms with Crippen LogP contribution in [0.4, 0.5) is 5.69 Å². The number of thiocarbonyl (C=S) groups is 1. The van der Waals surface area contributed by atoms with Crippen LogP contribution in [-0.4, -0.2) is 14.7 Å². The van der Waals surface area contributed by atoms with Gasteiger partial charge in [-0.25, -0.2) is 0 Å². The fraction of sp³-hybridized carbons (Fsp3) is 0.176. The zero-order valence-electron chi connectivity index (χ0n) is 23.4. The number of hydrogen-bond acceptors (Lipinski definition) is 3. The quantitative estimate of drug-likeness (QED) is 0.204. The average molecular weight is 579 g/mol. The summed E-state index contributed by atoms with van der Waals surface area (Å²) < 4.78 is 8.39. The summed E-state index contributed by atoms with van der Waals surface area (Å²) in [6, 6.07) is 29.9. The number of nitrogens with one attached hydrogen (secondary N) is 1. The summed E-state index contributed by atoms with van der Waals surface area (Å²) in [5.41, 5.74) is 8.89. The van der Waals surface area contributed by atoms with Crippen molar-refractivity contribution < 1.29 is 4.74 Å². The van der Waals surface area contributed by atoms with Crippen LogP contribution < -0.4 is 15.0 Å². The molecule has 7 heteroatoms. The standard InChI is InChI=1S/C34H31ClN4OS/c1-21-11-15-28(16-12-21)40-29-17-13-26(14-18-29)39-33(32(37-34(39)41)30-10-5-6-19-36-30)31-22(2)23(3)38(24(31)4)27-9-7-8-25(35)20-27/h5-20,32-33H,1-4H3,(H,37,41)/t32-,33+/m1/s1. The van der Waals surface area contributed by atoms with Gasteiger partial charge in [0.2, 0.25) is 0 Å². The van der Waals surface area contributed by atoms with Gasteiger partial charge in [-0.2, -0.15) is 0 Å². The van der Waals surface area contributed by atoms with Crippen LogP contribution >= 0.6 is 23.8 Å². The fourth-order valence-electron chi connectivity index (χ4n) is 5.79. The first-order chi connectivity index (χ1) is 19.8. The van der Waals surface area contributed by atoms with Gasteiger partial charge in [0.25, 0.3) is 0 Å². The lowest BCUT2D eigenvalue weighted by molar-refractivity contribution is 0.482. The number of benzene rings is 3. The van der Waals surface area contributed by atoms with Crippen LogP contribution in [0.15, 0.2) is 97.2 Å². The van der Waals surface area contributed by atoms with E-state index in [9.17, 15) is 0 Å². The van der Waals surface area contributed by atoms with Crippen LogP contribution in [0.1, 0.15) is 45.9 Å². The Morgan fingerprint density at radius 1 is 0.805 bits per heavy atom. The number of nitrogens with zero attached hydrogens (tertiary/aromatic N) is 3. The van der Waals surface area contributed by atoms with E-state index in [0.717, 1.165) is 34.3 Å². The molecule has 5 aromatic rings. The Kier molecular flexibility index (Phi) is 7.28. The fourth-order valence-corrected chi connectivity index (χ4v) is 6.32. The summed E-state index contributed by atoms with van der Waals surface area (Å²) in [7, 11) is 0. The van der Waals surface area contributed by atoms with Crippen LogP contribution in [0.3, 0.4) is 0 Å². The maximum atomic E-state index is 6.40. The van der Waals surface area contributed by atoms with E-state index in [-0.39, 0.29) is 12.1 Å². The molecule has 0 unspecified atom stereocenters. The van der Waals surface area contributed by atoms with Crippen LogP contribution in [-0.2, 0) is 0 Å². The Morgan fingerprint density at radius 3 is 2.17 bits per heavy atom. The van der Waals surface area contributed by atoms with Crippen molar-refractivity contribution in [3.05, 3.63) is 136 Å². The predicted molar refractivity (Wildman–Crippen MR) is 171 cm³/mol. The molecule has 2 atom stereocenters. The zero-order chi connectivity index (χ0) is 28.7. The van der Waals surface area contributed by atoms with Gasteiger partial charge < -0.3 is 19.5 Å². The van der Waals surface area contributed by atoms with Gasteiger partial charge in [0.1, 0.15) is 11.5 Å². The van der Waals surface area contributed by atoms with E-state index in [1.54, 1.807) is 0 Å². The van der Waals surface area contributed by atoms with E-state index in [4.69, 9.17) is 33.5 Å². The summed E-state index contributed by atoms with van der Waals surface area (Å²) in [6.07, 6.45) is 1.83. The second-order valence-electron chi connectivity index (χ2n) is 10.4. The van der Waals surface area contributed by atoms with E-state index in [1.165, 1.54) is 22.4 Å². The highest BCUT2D eigenvalue weighted by molar-refractivity contribution is 7.80. The zero-order valence-corrected chi connectivity index (χ0v) is 25.0. The molecule has 1 aliphatic rings. The van der Waals surface area contributed by atoms with E-state index in [2.05, 4.69) is 66.7 Å². The third-order valence-electron chi connectivity index (χ3n) is 7.84. The van der Waals surface area contributed by atoms with E-state index in [0.29, 0.717) is 10.1 Å². The Labute approximate surface area is 251 Å². The molecule has 41 heavy (non-hydrogen) atoms. The molecular formula is C34H31ClN4OS. The molecular weight excluding hydrogens is 548 g/mol. The number of aromatic nitrogens is 2. The van der Waals surface area contributed by atoms with Gasteiger partial charge in [0.05, 0.1) is 17.8 Å². The Morgan fingerprint density at radius 2 is 1.51 bits per heavy atom. The maximum absolute atomic E-state index is 6.40. The molecule has 6 rings (SSSR count). The first-order valence-corrected chi connectivity index (χ1v) is 14.4. The van der Waals surface area contributed by atoms with Crippen molar-refractivity contribution in [3.63, 3.8) is 0 Å². The molecule has 3 aromatic carbocycles. The summed E-state index contributed by atoms with van der Waals surface area (Å²) in [5, 5.41) is 4.96. The summed E-state index contributed by atoms with van der Waals surface area (Å²) >= 11 is 12.4. The van der Waals surface area contributed by atoms with Crippen LogP contribution in [0.25, 0.3) is 5.69 Å². The molecule has 2 aromatic heterocycles. The Hall–Kier alpha value is -4.13. The minimum Gasteiger partial charge on any atom is -0.457 e. The normalized spacial score (nSPS) is 16.6. The number of pyridine rings is 1. The third kappa shape index (κ3) is 5.09. The van der Waals surface area contributed by atoms with Crippen molar-refractivity contribution in [2.24, 2.45) is 0 Å². The van der Waals surface area contributed by atoms with Crippen molar-refractivity contribution in [3.8, 4) is 17.2 Å². The minimum atomic E-state index is -0.140. The lowest BCUT2D eigenvalue weighted by Crippen LogP contribution is -2.29. The molecule has 0 saturated carbocycles. The number of anilines is 1. The Balaban J connectivity index is 1.44. The van der Waals surface area contributed by atoms with Gasteiger partial charge in [-0.3, -0.25) is 4.98 Å². The lowest BCUT2D eigenvalue weighted by atomic mass is 9.93.